The molecule has 2 heterocycles. The number of aromatic nitrogens is 3. The topological polar surface area (TPSA) is 54.2 Å². The fraction of sp³-hybridized carbons (Fsp3) is 0.0400. The van der Waals surface area contributed by atoms with Gasteiger partial charge < -0.3 is 14.4 Å². The van der Waals surface area contributed by atoms with Gasteiger partial charge in [-0.05, 0) is 55.3 Å². The third-order valence-electron chi connectivity index (χ3n) is 4.90. The number of aryl methyl sites for hydroxylation is 1. The molecule has 0 unspecified atom stereocenters. The number of hydrogen-bond acceptors (Lipinski definition) is 5. The summed E-state index contributed by atoms with van der Waals surface area (Å²) in [6.07, 6.45) is 5.72. The van der Waals surface area contributed by atoms with Crippen LogP contribution in [0.3, 0.4) is 0 Å². The standard InChI is InChI=1S/C25H21N5S/c1-18-7-13-22(14-8-18)31-29-21-11-9-20(10-12-21)27-24-25-26-15-16-30(25)17-23(28-24)19-5-3-2-4-6-19/h2-17,29H,1H3,(H,27,28). The number of fused-ring (bicyclic) bond motifs is 1. The maximum absolute atomic E-state index is 4.83. The highest BCUT2D eigenvalue weighted by Crippen LogP contribution is 2.26. The minimum Gasteiger partial charge on any atom is -0.337 e. The second-order valence-corrected chi connectivity index (χ2v) is 8.10. The highest BCUT2D eigenvalue weighted by molar-refractivity contribution is 8.00. The summed E-state index contributed by atoms with van der Waals surface area (Å²) in [5, 5.41) is 3.42. The molecule has 0 amide bonds. The van der Waals surface area contributed by atoms with E-state index in [0.29, 0.717) is 0 Å². The van der Waals surface area contributed by atoms with Crippen molar-refractivity contribution in [3.63, 3.8) is 0 Å². The van der Waals surface area contributed by atoms with Gasteiger partial charge in [-0.3, -0.25) is 0 Å². The van der Waals surface area contributed by atoms with Gasteiger partial charge in [-0.15, -0.1) is 0 Å². The van der Waals surface area contributed by atoms with Crippen LogP contribution < -0.4 is 10.0 Å². The predicted octanol–water partition coefficient (Wildman–Crippen LogP) is 6.57. The van der Waals surface area contributed by atoms with E-state index >= 15 is 0 Å². The van der Waals surface area contributed by atoms with E-state index in [1.165, 1.54) is 10.5 Å². The number of nitrogens with one attached hydrogen (secondary N) is 2. The van der Waals surface area contributed by atoms with Gasteiger partial charge in [-0.1, -0.05) is 48.0 Å². The summed E-state index contributed by atoms with van der Waals surface area (Å²) in [6, 6.07) is 26.8. The Morgan fingerprint density at radius 1 is 0.839 bits per heavy atom. The van der Waals surface area contributed by atoms with Crippen LogP contribution in [0.4, 0.5) is 17.2 Å². The van der Waals surface area contributed by atoms with Crippen molar-refractivity contribution < 1.29 is 0 Å². The van der Waals surface area contributed by atoms with E-state index in [9.17, 15) is 0 Å². The largest absolute Gasteiger partial charge is 0.337 e. The molecular weight excluding hydrogens is 402 g/mol. The Morgan fingerprint density at radius 3 is 2.35 bits per heavy atom. The molecule has 0 bridgehead atoms. The zero-order valence-corrected chi connectivity index (χ0v) is 17.8. The van der Waals surface area contributed by atoms with Crippen molar-refractivity contribution >= 4 is 34.8 Å². The van der Waals surface area contributed by atoms with Crippen LogP contribution in [0.25, 0.3) is 16.9 Å². The molecule has 0 spiro atoms. The van der Waals surface area contributed by atoms with E-state index < -0.39 is 0 Å². The van der Waals surface area contributed by atoms with E-state index in [1.54, 1.807) is 18.1 Å². The van der Waals surface area contributed by atoms with Crippen molar-refractivity contribution in [1.29, 1.82) is 0 Å². The van der Waals surface area contributed by atoms with E-state index in [1.807, 2.05) is 59.3 Å². The first kappa shape index (κ1) is 19.2. The predicted molar refractivity (Wildman–Crippen MR) is 129 cm³/mol. The van der Waals surface area contributed by atoms with Crippen LogP contribution in [0.1, 0.15) is 5.56 Å². The van der Waals surface area contributed by atoms with E-state index in [-0.39, 0.29) is 0 Å². The first-order valence-corrected chi connectivity index (χ1v) is 10.8. The van der Waals surface area contributed by atoms with Gasteiger partial charge in [-0.2, -0.15) is 0 Å². The monoisotopic (exact) mass is 423 g/mol. The minimum absolute atomic E-state index is 0.723. The first-order valence-electron chi connectivity index (χ1n) is 10.0. The molecule has 5 rings (SSSR count). The zero-order valence-electron chi connectivity index (χ0n) is 17.0. The third-order valence-corrected chi connectivity index (χ3v) is 5.74. The van der Waals surface area contributed by atoms with Crippen LogP contribution in [-0.2, 0) is 0 Å². The average Bonchev–Trinajstić information content (AvgIpc) is 3.29. The van der Waals surface area contributed by atoms with Gasteiger partial charge >= 0.3 is 0 Å². The summed E-state index contributed by atoms with van der Waals surface area (Å²) in [7, 11) is 0. The van der Waals surface area contributed by atoms with Gasteiger partial charge in [0.05, 0.1) is 5.69 Å². The van der Waals surface area contributed by atoms with Gasteiger partial charge in [0.1, 0.15) is 0 Å². The molecule has 0 aliphatic rings. The molecular formula is C25H21N5S. The maximum Gasteiger partial charge on any atom is 0.180 e. The number of nitrogens with zero attached hydrogens (tertiary/aromatic N) is 3. The molecule has 0 saturated heterocycles. The molecule has 5 aromatic rings. The molecule has 3 aromatic carbocycles. The summed E-state index contributed by atoms with van der Waals surface area (Å²) in [5.41, 5.74) is 5.99. The molecule has 0 atom stereocenters. The number of anilines is 3. The first-order chi connectivity index (χ1) is 15.2. The van der Waals surface area contributed by atoms with Crippen molar-refractivity contribution in [3.8, 4) is 11.3 Å². The van der Waals surface area contributed by atoms with Crippen LogP contribution in [0.5, 0.6) is 0 Å². The van der Waals surface area contributed by atoms with Crippen molar-refractivity contribution in [1.82, 2.24) is 14.4 Å². The Balaban J connectivity index is 1.35. The molecule has 0 saturated carbocycles. The quantitative estimate of drug-likeness (QED) is 0.303. The summed E-state index contributed by atoms with van der Waals surface area (Å²) in [6.45, 7) is 2.09. The van der Waals surface area contributed by atoms with E-state index in [0.717, 1.165) is 34.1 Å². The van der Waals surface area contributed by atoms with Crippen molar-refractivity contribution in [2.24, 2.45) is 0 Å². The fourth-order valence-corrected chi connectivity index (χ4v) is 3.89. The smallest absolute Gasteiger partial charge is 0.180 e. The zero-order chi connectivity index (χ0) is 21.0. The Kier molecular flexibility index (Phi) is 5.29. The normalized spacial score (nSPS) is 10.9. The number of imidazole rings is 1. The lowest BCUT2D eigenvalue weighted by Crippen LogP contribution is -2.00. The van der Waals surface area contributed by atoms with Gasteiger partial charge in [0, 0.05) is 40.4 Å². The van der Waals surface area contributed by atoms with Crippen molar-refractivity contribution in [2.45, 2.75) is 11.8 Å². The van der Waals surface area contributed by atoms with Crippen LogP contribution in [0.2, 0.25) is 0 Å². The highest BCUT2D eigenvalue weighted by Gasteiger charge is 2.09. The van der Waals surface area contributed by atoms with Crippen molar-refractivity contribution in [3.05, 3.63) is 103 Å². The van der Waals surface area contributed by atoms with Crippen LogP contribution >= 0.6 is 11.9 Å². The minimum atomic E-state index is 0.723. The molecule has 5 nitrogen and oxygen atoms in total. The second kappa shape index (κ2) is 8.53. The Labute approximate surface area is 185 Å². The van der Waals surface area contributed by atoms with Crippen LogP contribution in [0, 0.1) is 6.92 Å². The molecule has 0 aliphatic carbocycles. The third kappa shape index (κ3) is 4.39. The molecule has 0 fully saturated rings. The van der Waals surface area contributed by atoms with Gasteiger partial charge in [0.2, 0.25) is 0 Å². The van der Waals surface area contributed by atoms with Crippen molar-refractivity contribution in [2.75, 3.05) is 10.0 Å². The summed E-state index contributed by atoms with van der Waals surface area (Å²) in [5.74, 6) is 0.723. The Morgan fingerprint density at radius 2 is 1.58 bits per heavy atom. The highest BCUT2D eigenvalue weighted by atomic mass is 32.2. The fourth-order valence-electron chi connectivity index (χ4n) is 3.25. The molecule has 6 heteroatoms. The van der Waals surface area contributed by atoms with E-state index in [2.05, 4.69) is 58.3 Å². The second-order valence-electron chi connectivity index (χ2n) is 7.22. The van der Waals surface area contributed by atoms with Gasteiger partial charge in [-0.25, -0.2) is 9.97 Å². The molecule has 152 valence electrons. The lowest BCUT2D eigenvalue weighted by Gasteiger charge is -2.11. The number of rotatable bonds is 6. The lowest BCUT2D eigenvalue weighted by molar-refractivity contribution is 1.13. The molecule has 2 aromatic heterocycles. The Hall–Kier alpha value is -3.77. The summed E-state index contributed by atoms with van der Waals surface area (Å²) >= 11 is 1.60. The maximum atomic E-state index is 4.83. The Bertz CT molecular complexity index is 1300. The molecule has 31 heavy (non-hydrogen) atoms. The van der Waals surface area contributed by atoms with Crippen LogP contribution in [-0.4, -0.2) is 14.4 Å². The van der Waals surface area contributed by atoms with Crippen LogP contribution in [0.15, 0.2) is 102 Å². The molecule has 2 N–H and O–H groups in total. The lowest BCUT2D eigenvalue weighted by atomic mass is 10.2. The average molecular weight is 424 g/mol. The number of benzene rings is 3. The summed E-state index contributed by atoms with van der Waals surface area (Å²) in [4.78, 5) is 10.5. The SMILES string of the molecule is Cc1ccc(SNc2ccc(Nc3nc(-c4ccccc4)cn4ccnc34)cc2)cc1. The van der Waals surface area contributed by atoms with Gasteiger partial charge in [0.15, 0.2) is 11.5 Å². The molecule has 0 radical (unpaired) electrons. The number of hydrogen-bond donors (Lipinski definition) is 2. The summed E-state index contributed by atoms with van der Waals surface area (Å²) < 4.78 is 5.38. The van der Waals surface area contributed by atoms with E-state index in [4.69, 9.17) is 4.98 Å². The van der Waals surface area contributed by atoms with Gasteiger partial charge in [0.25, 0.3) is 0 Å². The molecule has 0 aliphatic heterocycles.